The molecule has 1 saturated heterocycles. The van der Waals surface area contributed by atoms with Crippen molar-refractivity contribution in [3.05, 3.63) is 39.7 Å². The van der Waals surface area contributed by atoms with Crippen molar-refractivity contribution in [3.63, 3.8) is 0 Å². The molecule has 2 aromatic rings. The minimum atomic E-state index is -0.897. The second kappa shape index (κ2) is 9.64. The molecule has 0 saturated carbocycles. The maximum absolute atomic E-state index is 15.8. The van der Waals surface area contributed by atoms with Crippen molar-refractivity contribution < 1.29 is 27.8 Å². The van der Waals surface area contributed by atoms with Gasteiger partial charge in [0, 0.05) is 39.3 Å². The summed E-state index contributed by atoms with van der Waals surface area (Å²) in [5.74, 6) is -3.20. The van der Waals surface area contributed by atoms with Crippen LogP contribution in [0.3, 0.4) is 0 Å². The standard InChI is InChI=1S/C22H27F2N3O5/c1-5-31-22(30)16-11-27(13(2)12-32-14(3)28)19-15(21(16)29)10-17(23)20(18(19)24)26-8-6-25(4)7-9-26/h10-11,13H,5-9,12H2,1-4H3. The third kappa shape index (κ3) is 4.59. The van der Waals surface area contributed by atoms with Crippen molar-refractivity contribution in [1.82, 2.24) is 9.47 Å². The first-order valence-corrected chi connectivity index (χ1v) is 10.5. The Hall–Kier alpha value is -3.01. The highest BCUT2D eigenvalue weighted by Crippen LogP contribution is 2.32. The van der Waals surface area contributed by atoms with Crippen LogP contribution < -0.4 is 10.3 Å². The molecular formula is C22H27F2N3O5. The third-order valence-corrected chi connectivity index (χ3v) is 5.50. The van der Waals surface area contributed by atoms with E-state index >= 15 is 8.78 Å². The average molecular weight is 451 g/mol. The van der Waals surface area contributed by atoms with Gasteiger partial charge < -0.3 is 23.8 Å². The Morgan fingerprint density at radius 3 is 2.41 bits per heavy atom. The summed E-state index contributed by atoms with van der Waals surface area (Å²) in [7, 11) is 1.93. The highest BCUT2D eigenvalue weighted by atomic mass is 19.1. The van der Waals surface area contributed by atoms with Gasteiger partial charge in [0.25, 0.3) is 0 Å². The first kappa shape index (κ1) is 23.6. The molecule has 1 aliphatic rings. The minimum absolute atomic E-state index is 0.0321. The molecule has 1 aliphatic heterocycles. The molecule has 3 rings (SSSR count). The Labute approximate surface area is 184 Å². The molecule has 0 N–H and O–H groups in total. The molecule has 2 heterocycles. The first-order chi connectivity index (χ1) is 15.1. The van der Waals surface area contributed by atoms with E-state index in [9.17, 15) is 14.4 Å². The van der Waals surface area contributed by atoms with Gasteiger partial charge in [-0.25, -0.2) is 13.6 Å². The lowest BCUT2D eigenvalue weighted by atomic mass is 10.1. The number of carbonyl (C=O) groups is 2. The summed E-state index contributed by atoms with van der Waals surface area (Å²) in [6, 6.07) is 0.321. The molecular weight excluding hydrogens is 424 g/mol. The number of hydrogen-bond donors (Lipinski definition) is 0. The molecule has 0 spiro atoms. The van der Waals surface area contributed by atoms with Gasteiger partial charge in [-0.3, -0.25) is 9.59 Å². The van der Waals surface area contributed by atoms with E-state index in [0.717, 1.165) is 6.07 Å². The van der Waals surface area contributed by atoms with Crippen molar-refractivity contribution in [2.75, 3.05) is 51.3 Å². The zero-order valence-electron chi connectivity index (χ0n) is 18.6. The second-order valence-corrected chi connectivity index (χ2v) is 7.86. The number of hydrogen-bond acceptors (Lipinski definition) is 7. The fourth-order valence-corrected chi connectivity index (χ4v) is 3.77. The number of halogens is 2. The lowest BCUT2D eigenvalue weighted by Gasteiger charge is -2.34. The summed E-state index contributed by atoms with van der Waals surface area (Å²) < 4.78 is 42.2. The second-order valence-electron chi connectivity index (χ2n) is 7.86. The number of anilines is 1. The van der Waals surface area contributed by atoms with Gasteiger partial charge in [-0.15, -0.1) is 0 Å². The van der Waals surface area contributed by atoms with Crippen LogP contribution in [0.2, 0.25) is 0 Å². The van der Waals surface area contributed by atoms with Gasteiger partial charge in [-0.1, -0.05) is 0 Å². The summed E-state index contributed by atoms with van der Waals surface area (Å²) in [6.07, 6.45) is 1.19. The SMILES string of the molecule is CCOC(=O)c1cn(C(C)COC(C)=O)c2c(F)c(N3CCN(C)CC3)c(F)cc2c1=O. The Balaban J connectivity index is 2.25. The Kier molecular flexibility index (Phi) is 7.12. The van der Waals surface area contributed by atoms with E-state index in [1.807, 2.05) is 7.05 Å². The van der Waals surface area contributed by atoms with Gasteiger partial charge in [-0.05, 0) is 27.0 Å². The summed E-state index contributed by atoms with van der Waals surface area (Å²) in [5.41, 5.74) is -1.54. The van der Waals surface area contributed by atoms with Crippen molar-refractivity contribution in [1.29, 1.82) is 0 Å². The lowest BCUT2D eigenvalue weighted by molar-refractivity contribution is -0.141. The van der Waals surface area contributed by atoms with Crippen LogP contribution in [0.5, 0.6) is 0 Å². The number of likely N-dealkylation sites (N-methyl/N-ethyl adjacent to an activating group) is 1. The molecule has 0 radical (unpaired) electrons. The van der Waals surface area contributed by atoms with Crippen LogP contribution in [-0.4, -0.2) is 67.8 Å². The third-order valence-electron chi connectivity index (χ3n) is 5.50. The van der Waals surface area contributed by atoms with Gasteiger partial charge >= 0.3 is 11.9 Å². The molecule has 1 aromatic carbocycles. The highest BCUT2D eigenvalue weighted by molar-refractivity contribution is 5.95. The molecule has 1 unspecified atom stereocenters. The monoisotopic (exact) mass is 451 g/mol. The lowest BCUT2D eigenvalue weighted by Crippen LogP contribution is -2.45. The molecule has 1 fully saturated rings. The smallest absolute Gasteiger partial charge is 0.343 e. The van der Waals surface area contributed by atoms with Crippen LogP contribution in [0.1, 0.15) is 37.2 Å². The number of rotatable bonds is 6. The first-order valence-electron chi connectivity index (χ1n) is 10.5. The normalized spacial score (nSPS) is 15.6. The van der Waals surface area contributed by atoms with Crippen LogP contribution in [-0.2, 0) is 14.3 Å². The van der Waals surface area contributed by atoms with Crippen LogP contribution in [0.25, 0.3) is 10.9 Å². The largest absolute Gasteiger partial charge is 0.464 e. The number of ether oxygens (including phenoxy) is 2. The van der Waals surface area contributed by atoms with Crippen LogP contribution in [0.4, 0.5) is 14.5 Å². The fourth-order valence-electron chi connectivity index (χ4n) is 3.77. The number of nitrogens with zero attached hydrogens (tertiary/aromatic N) is 3. The van der Waals surface area contributed by atoms with Gasteiger partial charge in [0.15, 0.2) is 5.82 Å². The predicted octanol–water partition coefficient (Wildman–Crippen LogP) is 2.33. The summed E-state index contributed by atoms with van der Waals surface area (Å²) in [5, 5.41) is -0.280. The Morgan fingerprint density at radius 2 is 1.81 bits per heavy atom. The average Bonchev–Trinajstić information content (AvgIpc) is 2.74. The summed E-state index contributed by atoms with van der Waals surface area (Å²) in [4.78, 5) is 40.2. The molecule has 8 nitrogen and oxygen atoms in total. The van der Waals surface area contributed by atoms with Gasteiger partial charge in [0.05, 0.1) is 23.6 Å². The van der Waals surface area contributed by atoms with E-state index in [2.05, 4.69) is 4.90 Å². The topological polar surface area (TPSA) is 81.1 Å². The van der Waals surface area contributed by atoms with E-state index in [-0.39, 0.29) is 35.4 Å². The van der Waals surface area contributed by atoms with Crippen molar-refractivity contribution in [2.24, 2.45) is 0 Å². The molecule has 0 bridgehead atoms. The minimum Gasteiger partial charge on any atom is -0.464 e. The fraction of sp³-hybridized carbons (Fsp3) is 0.500. The van der Waals surface area contributed by atoms with E-state index in [1.54, 1.807) is 18.7 Å². The molecule has 1 atom stereocenters. The molecule has 0 aliphatic carbocycles. The van der Waals surface area contributed by atoms with Gasteiger partial charge in [-0.2, -0.15) is 0 Å². The van der Waals surface area contributed by atoms with E-state index in [1.165, 1.54) is 17.7 Å². The maximum Gasteiger partial charge on any atom is 0.343 e. The molecule has 10 heteroatoms. The highest BCUT2D eigenvalue weighted by Gasteiger charge is 2.28. The van der Waals surface area contributed by atoms with Crippen LogP contribution >= 0.6 is 0 Å². The van der Waals surface area contributed by atoms with Crippen LogP contribution in [0, 0.1) is 11.6 Å². The van der Waals surface area contributed by atoms with Gasteiger partial charge in [0.2, 0.25) is 5.43 Å². The van der Waals surface area contributed by atoms with Crippen molar-refractivity contribution >= 4 is 28.5 Å². The number of esters is 2. The molecule has 174 valence electrons. The number of aromatic nitrogens is 1. The van der Waals surface area contributed by atoms with Crippen molar-refractivity contribution in [3.8, 4) is 0 Å². The number of piperazine rings is 1. The number of fused-ring (bicyclic) bond motifs is 1. The zero-order valence-corrected chi connectivity index (χ0v) is 18.6. The molecule has 0 amide bonds. The Bertz CT molecular complexity index is 1090. The number of pyridine rings is 1. The quantitative estimate of drug-likeness (QED) is 0.624. The summed E-state index contributed by atoms with van der Waals surface area (Å²) in [6.45, 7) is 6.47. The maximum atomic E-state index is 15.8. The number of carbonyl (C=O) groups excluding carboxylic acids is 2. The predicted molar refractivity (Wildman–Crippen MR) is 115 cm³/mol. The summed E-state index contributed by atoms with van der Waals surface area (Å²) >= 11 is 0. The number of benzene rings is 1. The Morgan fingerprint density at radius 1 is 1.16 bits per heavy atom. The molecule has 32 heavy (non-hydrogen) atoms. The van der Waals surface area contributed by atoms with Crippen molar-refractivity contribution in [2.45, 2.75) is 26.8 Å². The zero-order chi connectivity index (χ0) is 23.6. The molecule has 1 aromatic heterocycles. The van der Waals surface area contributed by atoms with Crippen LogP contribution in [0.15, 0.2) is 17.1 Å². The van der Waals surface area contributed by atoms with Gasteiger partial charge in [0.1, 0.15) is 23.7 Å². The van der Waals surface area contributed by atoms with E-state index < -0.39 is 35.0 Å². The van der Waals surface area contributed by atoms with E-state index in [4.69, 9.17) is 9.47 Å². The van der Waals surface area contributed by atoms with E-state index in [0.29, 0.717) is 26.2 Å².